The highest BCUT2D eigenvalue weighted by molar-refractivity contribution is 7.99. The number of benzene rings is 2. The Kier molecular flexibility index (Phi) is 3.89. The Balaban J connectivity index is 2.01. The molecule has 0 bridgehead atoms. The fourth-order valence-electron chi connectivity index (χ4n) is 3.36. The first kappa shape index (κ1) is 15.7. The molecule has 1 aliphatic rings. The molecule has 0 unspecified atom stereocenters. The standard InChI is InChI=1S/C21H25S/c1-15-8-6-7-9-19(15)22-16-10-11-17-18(14-16)21(4,5)13-12-20(17,2)3/h6-8,10-11,14H,12-13H2,1-5H3. The first-order valence-electron chi connectivity index (χ1n) is 8.10. The highest BCUT2D eigenvalue weighted by Crippen LogP contribution is 2.47. The number of rotatable bonds is 2. The van der Waals surface area contributed by atoms with Crippen LogP contribution in [-0.2, 0) is 10.8 Å². The summed E-state index contributed by atoms with van der Waals surface area (Å²) in [6, 6.07) is 16.6. The maximum absolute atomic E-state index is 3.37. The van der Waals surface area contributed by atoms with Crippen LogP contribution < -0.4 is 0 Å². The molecule has 0 amide bonds. The Labute approximate surface area is 139 Å². The molecular weight excluding hydrogens is 284 g/mol. The minimum absolute atomic E-state index is 0.275. The van der Waals surface area contributed by atoms with Crippen LogP contribution in [-0.4, -0.2) is 0 Å². The summed E-state index contributed by atoms with van der Waals surface area (Å²) in [5.74, 6) is 0. The lowest BCUT2D eigenvalue weighted by Gasteiger charge is -2.42. The summed E-state index contributed by atoms with van der Waals surface area (Å²) < 4.78 is 0. The molecule has 0 aliphatic heterocycles. The predicted octanol–water partition coefficient (Wildman–Crippen LogP) is 6.30. The van der Waals surface area contributed by atoms with Gasteiger partial charge in [-0.2, -0.15) is 0 Å². The van der Waals surface area contributed by atoms with Gasteiger partial charge in [0.05, 0.1) is 0 Å². The first-order valence-corrected chi connectivity index (χ1v) is 8.91. The quantitative estimate of drug-likeness (QED) is 0.627. The molecule has 1 heteroatoms. The molecule has 0 saturated carbocycles. The van der Waals surface area contributed by atoms with Crippen LogP contribution in [0.25, 0.3) is 0 Å². The summed E-state index contributed by atoms with van der Waals surface area (Å²) in [4.78, 5) is 2.56. The lowest BCUT2D eigenvalue weighted by atomic mass is 9.63. The van der Waals surface area contributed by atoms with Crippen molar-refractivity contribution in [1.29, 1.82) is 0 Å². The van der Waals surface area contributed by atoms with Gasteiger partial charge in [-0.1, -0.05) is 63.7 Å². The Morgan fingerprint density at radius 2 is 1.64 bits per heavy atom. The predicted molar refractivity (Wildman–Crippen MR) is 95.9 cm³/mol. The normalized spacial score (nSPS) is 18.8. The van der Waals surface area contributed by atoms with Crippen LogP contribution in [0.15, 0.2) is 46.2 Å². The van der Waals surface area contributed by atoms with Gasteiger partial charge in [0.25, 0.3) is 0 Å². The molecule has 1 aliphatic carbocycles. The van der Waals surface area contributed by atoms with Crippen molar-refractivity contribution in [3.63, 3.8) is 0 Å². The van der Waals surface area contributed by atoms with E-state index in [0.29, 0.717) is 5.41 Å². The van der Waals surface area contributed by atoms with Gasteiger partial charge in [-0.3, -0.25) is 0 Å². The van der Waals surface area contributed by atoms with E-state index in [1.807, 2.05) is 17.8 Å². The summed E-state index contributed by atoms with van der Waals surface area (Å²) in [6.07, 6.45) is 2.53. The molecule has 0 nitrogen and oxygen atoms in total. The van der Waals surface area contributed by atoms with Crippen LogP contribution in [0.2, 0.25) is 0 Å². The monoisotopic (exact) mass is 309 g/mol. The van der Waals surface area contributed by atoms with Gasteiger partial charge in [0, 0.05) is 9.79 Å². The van der Waals surface area contributed by atoms with Gasteiger partial charge in [-0.15, -0.1) is 0 Å². The second-order valence-corrected chi connectivity index (χ2v) is 8.84. The average Bonchev–Trinajstić information content (AvgIpc) is 2.47. The van der Waals surface area contributed by atoms with E-state index in [-0.39, 0.29) is 5.41 Å². The van der Waals surface area contributed by atoms with E-state index in [0.717, 1.165) is 0 Å². The van der Waals surface area contributed by atoms with Gasteiger partial charge in [0.2, 0.25) is 0 Å². The molecule has 0 atom stereocenters. The van der Waals surface area contributed by atoms with Gasteiger partial charge in [-0.05, 0) is 65.5 Å². The second kappa shape index (κ2) is 5.45. The van der Waals surface area contributed by atoms with Crippen molar-refractivity contribution in [3.05, 3.63) is 59.2 Å². The molecule has 0 aromatic heterocycles. The van der Waals surface area contributed by atoms with Crippen molar-refractivity contribution >= 4 is 11.8 Å². The molecule has 0 saturated heterocycles. The van der Waals surface area contributed by atoms with E-state index in [2.05, 4.69) is 71.0 Å². The fraction of sp³-hybridized carbons (Fsp3) is 0.429. The Bertz CT molecular complexity index is 695. The largest absolute Gasteiger partial charge is 0.0892 e. The number of aryl methyl sites for hydroxylation is 1. The molecule has 0 heterocycles. The number of hydrogen-bond donors (Lipinski definition) is 0. The first-order chi connectivity index (χ1) is 10.3. The van der Waals surface area contributed by atoms with Crippen LogP contribution in [0, 0.1) is 13.0 Å². The van der Waals surface area contributed by atoms with Gasteiger partial charge >= 0.3 is 0 Å². The summed E-state index contributed by atoms with van der Waals surface area (Å²) >= 11 is 1.83. The third-order valence-electron chi connectivity index (χ3n) is 5.06. The van der Waals surface area contributed by atoms with Crippen molar-refractivity contribution < 1.29 is 0 Å². The lowest BCUT2D eigenvalue weighted by Crippen LogP contribution is -2.33. The third-order valence-corrected chi connectivity index (χ3v) is 6.19. The number of fused-ring (bicyclic) bond motifs is 1. The fourth-order valence-corrected chi connectivity index (χ4v) is 4.27. The smallest absolute Gasteiger partial charge is 0.0230 e. The molecule has 3 rings (SSSR count). The van der Waals surface area contributed by atoms with Gasteiger partial charge in [0.15, 0.2) is 0 Å². The van der Waals surface area contributed by atoms with Gasteiger partial charge in [0.1, 0.15) is 0 Å². The van der Waals surface area contributed by atoms with Crippen LogP contribution in [0.1, 0.15) is 57.2 Å². The highest BCUT2D eigenvalue weighted by Gasteiger charge is 2.36. The molecule has 0 spiro atoms. The Morgan fingerprint density at radius 1 is 0.955 bits per heavy atom. The van der Waals surface area contributed by atoms with E-state index in [1.165, 1.54) is 39.3 Å². The second-order valence-electron chi connectivity index (χ2n) is 7.76. The van der Waals surface area contributed by atoms with E-state index in [4.69, 9.17) is 0 Å². The Morgan fingerprint density at radius 3 is 2.32 bits per heavy atom. The topological polar surface area (TPSA) is 0 Å². The minimum atomic E-state index is 0.275. The lowest BCUT2D eigenvalue weighted by molar-refractivity contribution is 0.331. The van der Waals surface area contributed by atoms with E-state index < -0.39 is 0 Å². The molecule has 1 radical (unpaired) electrons. The minimum Gasteiger partial charge on any atom is -0.0892 e. The van der Waals surface area contributed by atoms with Crippen molar-refractivity contribution in [3.8, 4) is 0 Å². The van der Waals surface area contributed by atoms with E-state index in [1.54, 1.807) is 0 Å². The molecule has 22 heavy (non-hydrogen) atoms. The summed E-state index contributed by atoms with van der Waals surface area (Å²) in [5, 5.41) is 0. The van der Waals surface area contributed by atoms with E-state index >= 15 is 0 Å². The molecule has 2 aromatic rings. The third kappa shape index (κ3) is 2.84. The van der Waals surface area contributed by atoms with Crippen molar-refractivity contribution in [2.75, 3.05) is 0 Å². The zero-order valence-corrected chi connectivity index (χ0v) is 15.1. The van der Waals surface area contributed by atoms with Crippen LogP contribution >= 0.6 is 11.8 Å². The van der Waals surface area contributed by atoms with Crippen LogP contribution in [0.3, 0.4) is 0 Å². The summed E-state index contributed by atoms with van der Waals surface area (Å²) in [5.41, 5.74) is 4.92. The Hall–Kier alpha value is -1.21. The molecule has 115 valence electrons. The van der Waals surface area contributed by atoms with Crippen molar-refractivity contribution in [2.45, 2.75) is 68.1 Å². The average molecular weight is 309 g/mol. The van der Waals surface area contributed by atoms with Gasteiger partial charge in [-0.25, -0.2) is 0 Å². The van der Waals surface area contributed by atoms with E-state index in [9.17, 15) is 0 Å². The number of hydrogen-bond acceptors (Lipinski definition) is 1. The highest BCUT2D eigenvalue weighted by atomic mass is 32.2. The maximum atomic E-state index is 3.37. The zero-order chi connectivity index (χ0) is 16.0. The SMILES string of the molecule is Cc1ccc[c]c1Sc1ccc2c(c1)C(C)(C)CCC2(C)C. The van der Waals surface area contributed by atoms with Crippen molar-refractivity contribution in [2.24, 2.45) is 0 Å². The zero-order valence-electron chi connectivity index (χ0n) is 14.3. The van der Waals surface area contributed by atoms with Crippen LogP contribution in [0.4, 0.5) is 0 Å². The molecule has 0 N–H and O–H groups in total. The summed E-state index contributed by atoms with van der Waals surface area (Å²) in [6.45, 7) is 11.7. The maximum Gasteiger partial charge on any atom is 0.0230 e. The molecule has 2 aromatic carbocycles. The van der Waals surface area contributed by atoms with Gasteiger partial charge < -0.3 is 0 Å². The molecular formula is C21H25S. The molecule has 0 fully saturated rings. The van der Waals surface area contributed by atoms with Crippen molar-refractivity contribution in [1.82, 2.24) is 0 Å². The summed E-state index contributed by atoms with van der Waals surface area (Å²) in [7, 11) is 0. The van der Waals surface area contributed by atoms with Crippen LogP contribution in [0.5, 0.6) is 0 Å².